The molecule has 0 fully saturated rings. The van der Waals surface area contributed by atoms with Gasteiger partial charge in [0.05, 0.1) is 0 Å². The molecule has 5 heteroatoms. The van der Waals surface area contributed by atoms with Gasteiger partial charge in [0, 0.05) is 0 Å². The molecule has 0 aliphatic carbocycles. The third-order valence-corrected chi connectivity index (χ3v) is 1.08. The number of guanidine groups is 1. The van der Waals surface area contributed by atoms with Crippen LogP contribution in [0.1, 0.15) is 0 Å². The van der Waals surface area contributed by atoms with Gasteiger partial charge in [-0.05, 0) is 0 Å². The first kappa shape index (κ1) is 5.69. The van der Waals surface area contributed by atoms with E-state index < -0.39 is 0 Å². The molecule has 0 rings (SSSR count). The molecular weight excluding hydrogens is 133 g/mol. The zero-order valence-corrected chi connectivity index (χ0v) is 6.28. The molecule has 0 aliphatic heterocycles. The van der Waals surface area contributed by atoms with E-state index in [4.69, 9.17) is 11.6 Å². The first-order chi connectivity index (χ1) is 2.81. The number of nitrogens with one attached hydrogen (secondary N) is 1. The van der Waals surface area contributed by atoms with E-state index in [9.17, 15) is 0 Å². The molecule has 0 spiro atoms. The Morgan fingerprint density at radius 1 is 1.83 bits per heavy atom. The van der Waals surface area contributed by atoms with Crippen LogP contribution in [0, 0.1) is 0 Å². The maximum absolute atomic E-state index is 5.02. The molecule has 0 bridgehead atoms. The molecular formula is CH5N4Zn. The molecule has 31 valence electrons. The Hall–Kier alpha value is -0.307. The fraction of sp³-hybridized carbons (Fsp3) is 0. The molecule has 6 heavy (non-hydrogen) atoms. The summed E-state index contributed by atoms with van der Waals surface area (Å²) >= 11 is 0.881. The van der Waals surface area contributed by atoms with Crippen molar-refractivity contribution in [1.29, 1.82) is 0 Å². The molecule has 5 N–H and O–H groups in total. The van der Waals surface area contributed by atoms with E-state index in [-0.39, 0.29) is 0 Å². The van der Waals surface area contributed by atoms with Crippen molar-refractivity contribution in [3.63, 3.8) is 0 Å². The first-order valence-corrected chi connectivity index (χ1v) is 2.86. The van der Waals surface area contributed by atoms with Crippen molar-refractivity contribution >= 4 is 5.96 Å². The third-order valence-electron chi connectivity index (χ3n) is 0.320. The van der Waals surface area contributed by atoms with Gasteiger partial charge < -0.3 is 0 Å². The summed E-state index contributed by atoms with van der Waals surface area (Å²) in [5, 5.41) is 3.12. The molecule has 4 nitrogen and oxygen atoms in total. The normalized spacial score (nSPS) is 11.3. The molecule has 0 heterocycles. The Labute approximate surface area is 45.9 Å². The quantitative estimate of drug-likeness (QED) is 0.122. The Morgan fingerprint density at radius 2 is 2.33 bits per heavy atom. The molecule has 0 aromatic rings. The van der Waals surface area contributed by atoms with Gasteiger partial charge in [-0.2, -0.15) is 0 Å². The molecule has 0 unspecified atom stereocenters. The van der Waals surface area contributed by atoms with Crippen LogP contribution in [-0.4, -0.2) is 5.96 Å². The zero-order chi connectivity index (χ0) is 4.99. The van der Waals surface area contributed by atoms with Crippen molar-refractivity contribution < 1.29 is 18.5 Å². The van der Waals surface area contributed by atoms with E-state index >= 15 is 0 Å². The van der Waals surface area contributed by atoms with Gasteiger partial charge in [0.15, 0.2) is 0 Å². The number of nitrogens with zero attached hydrogens (tertiary/aromatic N) is 1. The van der Waals surface area contributed by atoms with Crippen LogP contribution in [0.4, 0.5) is 0 Å². The summed E-state index contributed by atoms with van der Waals surface area (Å²) < 4.78 is 2.64. The Kier molecular flexibility index (Phi) is 2.76. The van der Waals surface area contributed by atoms with Crippen LogP contribution in [-0.2, 0) is 18.5 Å². The van der Waals surface area contributed by atoms with Gasteiger partial charge in [-0.3, -0.25) is 0 Å². The molecule has 0 radical (unpaired) electrons. The molecule has 0 saturated heterocycles. The van der Waals surface area contributed by atoms with Crippen molar-refractivity contribution in [2.75, 3.05) is 0 Å². The molecule has 0 aliphatic rings. The standard InChI is InChI=1S/CH5N4.Zn/c2-1(3)5-4;/h4H2,(H3-,2,3,5);/q-1;+1. The van der Waals surface area contributed by atoms with E-state index in [0.29, 0.717) is 5.96 Å². The summed E-state index contributed by atoms with van der Waals surface area (Å²) in [6.07, 6.45) is 0. The summed E-state index contributed by atoms with van der Waals surface area (Å²) in [5.74, 6) is 5.00. The number of hydrazone groups is 1. The summed E-state index contributed by atoms with van der Waals surface area (Å²) in [6, 6.07) is 0. The molecule has 0 amide bonds. The second-order valence-electron chi connectivity index (χ2n) is 0.691. The molecule has 0 aromatic carbocycles. The Morgan fingerprint density at radius 3 is 2.33 bits per heavy atom. The fourth-order valence-corrected chi connectivity index (χ4v) is 0.237. The van der Waals surface area contributed by atoms with Crippen molar-refractivity contribution in [3.05, 3.63) is 0 Å². The molecule has 0 atom stereocenters. The summed E-state index contributed by atoms with van der Waals surface area (Å²) in [4.78, 5) is 0. The number of hydrogen-bond donors (Lipinski definition) is 3. The number of hydrogen-bond acceptors (Lipinski definition) is 2. The van der Waals surface area contributed by atoms with Crippen LogP contribution >= 0.6 is 0 Å². The number of nitrogens with two attached hydrogens (primary N) is 2. The predicted octanol–water partition coefficient (Wildman–Crippen LogP) is -1.77. The minimum absolute atomic E-state index is 0.301. The van der Waals surface area contributed by atoms with Crippen LogP contribution in [0.5, 0.6) is 0 Å². The average Bonchev–Trinajstić information content (AvgIpc) is 1.65. The maximum atomic E-state index is 5.02. The van der Waals surface area contributed by atoms with E-state index in [2.05, 4.69) is 9.16 Å². The Balaban J connectivity index is 3.22. The van der Waals surface area contributed by atoms with Crippen molar-refractivity contribution in [1.82, 2.24) is 4.06 Å². The molecule has 0 aromatic heterocycles. The van der Waals surface area contributed by atoms with E-state index in [1.807, 2.05) is 0 Å². The van der Waals surface area contributed by atoms with Crippen LogP contribution < -0.4 is 15.6 Å². The molecule has 0 saturated carbocycles. The monoisotopic (exact) mass is 137 g/mol. The van der Waals surface area contributed by atoms with Crippen molar-refractivity contribution in [3.8, 4) is 0 Å². The topological polar surface area (TPSA) is 76.4 Å². The van der Waals surface area contributed by atoms with Gasteiger partial charge in [-0.1, -0.05) is 0 Å². The van der Waals surface area contributed by atoms with Crippen molar-refractivity contribution in [2.24, 2.45) is 16.7 Å². The van der Waals surface area contributed by atoms with E-state index in [1.165, 1.54) is 0 Å². The zero-order valence-electron chi connectivity index (χ0n) is 3.31. The van der Waals surface area contributed by atoms with Gasteiger partial charge in [-0.25, -0.2) is 0 Å². The van der Waals surface area contributed by atoms with Crippen LogP contribution in [0.15, 0.2) is 5.10 Å². The summed E-state index contributed by atoms with van der Waals surface area (Å²) in [5.41, 5.74) is 5.02. The minimum atomic E-state index is 0.301. The fourth-order valence-electron chi connectivity index (χ4n) is 0.0456. The summed E-state index contributed by atoms with van der Waals surface area (Å²) in [6.45, 7) is 0. The second-order valence-corrected chi connectivity index (χ2v) is 1.43. The summed E-state index contributed by atoms with van der Waals surface area (Å²) in [7, 11) is 0. The second kappa shape index (κ2) is 2.91. The van der Waals surface area contributed by atoms with Gasteiger partial charge >= 0.3 is 45.2 Å². The van der Waals surface area contributed by atoms with Crippen LogP contribution in [0.25, 0.3) is 0 Å². The predicted molar refractivity (Wildman–Crippen MR) is 18.9 cm³/mol. The number of rotatable bonds is 0. The van der Waals surface area contributed by atoms with Crippen LogP contribution in [0.2, 0.25) is 0 Å². The van der Waals surface area contributed by atoms with Gasteiger partial charge in [-0.15, -0.1) is 0 Å². The van der Waals surface area contributed by atoms with Gasteiger partial charge in [0.1, 0.15) is 0 Å². The van der Waals surface area contributed by atoms with Gasteiger partial charge in [0.2, 0.25) is 0 Å². The average molecular weight is 138 g/mol. The third kappa shape index (κ3) is 1.96. The van der Waals surface area contributed by atoms with E-state index in [1.54, 1.807) is 0 Å². The Bertz CT molecular complexity index is 58.6. The van der Waals surface area contributed by atoms with Gasteiger partial charge in [0.25, 0.3) is 0 Å². The van der Waals surface area contributed by atoms with Crippen LogP contribution in [0.3, 0.4) is 0 Å². The SMILES string of the molecule is NN=C(N)[NH][Zn]. The first-order valence-electron chi connectivity index (χ1n) is 1.37. The van der Waals surface area contributed by atoms with Crippen molar-refractivity contribution in [2.45, 2.75) is 0 Å². The van der Waals surface area contributed by atoms with E-state index in [0.717, 1.165) is 18.5 Å².